The van der Waals surface area contributed by atoms with Crippen LogP contribution in [0.4, 0.5) is 0 Å². The van der Waals surface area contributed by atoms with E-state index in [0.29, 0.717) is 5.75 Å². The van der Waals surface area contributed by atoms with Crippen molar-refractivity contribution in [1.29, 1.82) is 0 Å². The summed E-state index contributed by atoms with van der Waals surface area (Å²) in [5.41, 5.74) is 0. The Kier molecular flexibility index (Phi) is 6.97. The van der Waals surface area contributed by atoms with Crippen molar-refractivity contribution in [3.63, 3.8) is 0 Å². The van der Waals surface area contributed by atoms with Crippen LogP contribution in [0.1, 0.15) is 45.4 Å². The fourth-order valence-electron chi connectivity index (χ4n) is 2.24. The van der Waals surface area contributed by atoms with E-state index in [1.165, 1.54) is 12.8 Å². The highest BCUT2D eigenvalue weighted by Crippen LogP contribution is 2.22. The molecule has 0 bridgehead atoms. The molecule has 1 aliphatic rings. The number of rotatable bonds is 6. The lowest BCUT2D eigenvalue weighted by molar-refractivity contribution is -0.132. The van der Waals surface area contributed by atoms with Crippen LogP contribution in [0, 0.1) is 0 Å². The lowest BCUT2D eigenvalue weighted by Gasteiger charge is -2.35. The van der Waals surface area contributed by atoms with E-state index in [-0.39, 0.29) is 18.1 Å². The van der Waals surface area contributed by atoms with Crippen LogP contribution in [0.2, 0.25) is 0 Å². The third-order valence-corrected chi connectivity index (χ3v) is 4.48. The van der Waals surface area contributed by atoms with Crippen molar-refractivity contribution in [3.8, 4) is 0 Å². The number of carbonyl (C=O) groups is 1. The minimum Gasteiger partial charge on any atom is -0.391 e. The summed E-state index contributed by atoms with van der Waals surface area (Å²) in [6.07, 6.45) is 6.03. The van der Waals surface area contributed by atoms with Gasteiger partial charge in [0.2, 0.25) is 5.91 Å². The number of amides is 1. The third-order valence-electron chi connectivity index (χ3n) is 3.45. The Labute approximate surface area is 109 Å². The van der Waals surface area contributed by atoms with Crippen LogP contribution in [0.15, 0.2) is 0 Å². The highest BCUT2D eigenvalue weighted by Gasteiger charge is 2.28. The van der Waals surface area contributed by atoms with Gasteiger partial charge in [0.25, 0.3) is 0 Å². The number of thioether (sulfide) groups is 1. The number of hydrogen-bond acceptors (Lipinski definition) is 3. The minimum absolute atomic E-state index is 0.0445. The summed E-state index contributed by atoms with van der Waals surface area (Å²) < 4.78 is 0. The zero-order chi connectivity index (χ0) is 12.7. The van der Waals surface area contributed by atoms with Crippen LogP contribution in [-0.4, -0.2) is 46.6 Å². The lowest BCUT2D eigenvalue weighted by atomic mass is 9.91. The summed E-state index contributed by atoms with van der Waals surface area (Å²) in [5.74, 6) is 1.78. The Morgan fingerprint density at radius 3 is 2.76 bits per heavy atom. The number of unbranched alkanes of at least 4 members (excludes halogenated alkanes) is 1. The van der Waals surface area contributed by atoms with Gasteiger partial charge < -0.3 is 10.0 Å². The zero-order valence-corrected chi connectivity index (χ0v) is 11.8. The maximum absolute atomic E-state index is 11.9. The summed E-state index contributed by atoms with van der Waals surface area (Å²) in [6.45, 7) is 2.16. The van der Waals surface area contributed by atoms with Crippen molar-refractivity contribution >= 4 is 17.7 Å². The molecule has 0 saturated heterocycles. The largest absolute Gasteiger partial charge is 0.391 e. The molecule has 1 N–H and O–H groups in total. The van der Waals surface area contributed by atoms with Crippen LogP contribution in [0.3, 0.4) is 0 Å². The van der Waals surface area contributed by atoms with E-state index in [1.807, 2.05) is 7.05 Å². The molecule has 1 rings (SSSR count). The van der Waals surface area contributed by atoms with E-state index in [1.54, 1.807) is 16.7 Å². The molecule has 0 aromatic heterocycles. The molecule has 2 atom stereocenters. The number of nitrogens with zero attached hydrogens (tertiary/aromatic N) is 1. The van der Waals surface area contributed by atoms with Crippen LogP contribution in [0.5, 0.6) is 0 Å². The third kappa shape index (κ3) is 4.88. The van der Waals surface area contributed by atoms with Crippen molar-refractivity contribution in [2.24, 2.45) is 0 Å². The first kappa shape index (κ1) is 14.8. The molecule has 3 nitrogen and oxygen atoms in total. The average Bonchev–Trinajstić information content (AvgIpc) is 2.34. The van der Waals surface area contributed by atoms with E-state index in [0.717, 1.165) is 31.4 Å². The summed E-state index contributed by atoms with van der Waals surface area (Å²) in [6, 6.07) is 0.0445. The van der Waals surface area contributed by atoms with Crippen LogP contribution < -0.4 is 0 Å². The Morgan fingerprint density at radius 1 is 1.41 bits per heavy atom. The highest BCUT2D eigenvalue weighted by molar-refractivity contribution is 7.99. The first-order chi connectivity index (χ1) is 8.16. The number of likely N-dealkylation sites (N-methyl/N-ethyl adjacent to an activating group) is 1. The van der Waals surface area contributed by atoms with Crippen molar-refractivity contribution in [2.45, 2.75) is 57.6 Å². The molecule has 0 aromatic rings. The summed E-state index contributed by atoms with van der Waals surface area (Å²) in [4.78, 5) is 13.7. The molecule has 0 aliphatic heterocycles. The van der Waals surface area contributed by atoms with E-state index >= 15 is 0 Å². The molecule has 4 heteroatoms. The van der Waals surface area contributed by atoms with Crippen LogP contribution >= 0.6 is 11.8 Å². The molecule has 0 spiro atoms. The van der Waals surface area contributed by atoms with Crippen molar-refractivity contribution in [2.75, 3.05) is 18.6 Å². The standard InChI is InChI=1S/C13H25NO2S/c1-3-4-9-17-10-13(16)14(2)11-7-5-6-8-12(11)15/h11-12,15H,3-10H2,1-2H3. The Bertz CT molecular complexity index is 235. The second-order valence-electron chi connectivity index (χ2n) is 4.83. The molecule has 1 fully saturated rings. The number of aliphatic hydroxyl groups is 1. The molecule has 1 saturated carbocycles. The van der Waals surface area contributed by atoms with Gasteiger partial charge in [-0.3, -0.25) is 4.79 Å². The quantitative estimate of drug-likeness (QED) is 0.744. The number of carbonyl (C=O) groups excluding carboxylic acids is 1. The molecule has 100 valence electrons. The van der Waals surface area contributed by atoms with Crippen LogP contribution in [-0.2, 0) is 4.79 Å². The zero-order valence-electron chi connectivity index (χ0n) is 11.0. The molecule has 0 heterocycles. The molecule has 0 radical (unpaired) electrons. The smallest absolute Gasteiger partial charge is 0.232 e. The van der Waals surface area contributed by atoms with Gasteiger partial charge in [-0.25, -0.2) is 0 Å². The normalized spacial score (nSPS) is 24.6. The van der Waals surface area contributed by atoms with Gasteiger partial charge >= 0.3 is 0 Å². The molecule has 0 aromatic carbocycles. The second-order valence-corrected chi connectivity index (χ2v) is 5.94. The number of hydrogen-bond donors (Lipinski definition) is 1. The minimum atomic E-state index is -0.321. The maximum Gasteiger partial charge on any atom is 0.232 e. The topological polar surface area (TPSA) is 40.5 Å². The van der Waals surface area contributed by atoms with Gasteiger partial charge in [0.15, 0.2) is 0 Å². The van der Waals surface area contributed by atoms with Gasteiger partial charge in [0, 0.05) is 7.05 Å². The van der Waals surface area contributed by atoms with Gasteiger partial charge in [-0.1, -0.05) is 26.2 Å². The maximum atomic E-state index is 11.9. The van der Waals surface area contributed by atoms with Crippen molar-refractivity contribution in [3.05, 3.63) is 0 Å². The first-order valence-corrected chi connectivity index (χ1v) is 7.83. The molecule has 2 unspecified atom stereocenters. The van der Waals surface area contributed by atoms with E-state index < -0.39 is 0 Å². The van der Waals surface area contributed by atoms with Crippen molar-refractivity contribution < 1.29 is 9.90 Å². The molecule has 17 heavy (non-hydrogen) atoms. The second kappa shape index (κ2) is 7.98. The fraction of sp³-hybridized carbons (Fsp3) is 0.923. The predicted molar refractivity (Wildman–Crippen MR) is 73.3 cm³/mol. The summed E-state index contributed by atoms with van der Waals surface area (Å²) in [7, 11) is 1.84. The van der Waals surface area contributed by atoms with E-state index in [9.17, 15) is 9.90 Å². The lowest BCUT2D eigenvalue weighted by Crippen LogP contribution is -2.46. The number of aliphatic hydroxyl groups excluding tert-OH is 1. The Hall–Kier alpha value is -0.220. The monoisotopic (exact) mass is 259 g/mol. The van der Waals surface area contributed by atoms with Gasteiger partial charge in [0.1, 0.15) is 0 Å². The van der Waals surface area contributed by atoms with Gasteiger partial charge in [-0.2, -0.15) is 11.8 Å². The fourth-order valence-corrected chi connectivity index (χ4v) is 3.25. The highest BCUT2D eigenvalue weighted by atomic mass is 32.2. The van der Waals surface area contributed by atoms with Crippen molar-refractivity contribution in [1.82, 2.24) is 4.90 Å². The van der Waals surface area contributed by atoms with E-state index in [2.05, 4.69) is 6.92 Å². The van der Waals surface area contributed by atoms with E-state index in [4.69, 9.17) is 0 Å². The van der Waals surface area contributed by atoms with Gasteiger partial charge in [-0.15, -0.1) is 0 Å². The summed E-state index contributed by atoms with van der Waals surface area (Å²) in [5, 5.41) is 9.90. The molecular weight excluding hydrogens is 234 g/mol. The van der Waals surface area contributed by atoms with Crippen LogP contribution in [0.25, 0.3) is 0 Å². The Balaban J connectivity index is 2.29. The molecule has 1 aliphatic carbocycles. The first-order valence-electron chi connectivity index (χ1n) is 6.68. The van der Waals surface area contributed by atoms with Gasteiger partial charge in [0.05, 0.1) is 17.9 Å². The average molecular weight is 259 g/mol. The molecule has 1 amide bonds. The SMILES string of the molecule is CCCCSCC(=O)N(C)C1CCCCC1O. The summed E-state index contributed by atoms with van der Waals surface area (Å²) >= 11 is 1.71. The van der Waals surface area contributed by atoms with Gasteiger partial charge in [-0.05, 0) is 25.0 Å². The predicted octanol–water partition coefficient (Wildman–Crippen LogP) is 2.28. The molecular formula is C13H25NO2S. The Morgan fingerprint density at radius 2 is 2.12 bits per heavy atom.